The highest BCUT2D eigenvalue weighted by atomic mass is 79.9. The Morgan fingerprint density at radius 2 is 2.13 bits per heavy atom. The van der Waals surface area contributed by atoms with Crippen LogP contribution in [0.25, 0.3) is 5.69 Å². The third kappa shape index (κ3) is 1.96. The molecule has 1 aromatic carbocycles. The number of rotatable bonds is 2. The summed E-state index contributed by atoms with van der Waals surface area (Å²) in [5, 5.41) is 13.3. The summed E-state index contributed by atoms with van der Waals surface area (Å²) in [6.45, 7) is 1.93. The molecule has 15 heavy (non-hydrogen) atoms. The van der Waals surface area contributed by atoms with Gasteiger partial charge in [0, 0.05) is 10.2 Å². The van der Waals surface area contributed by atoms with Crippen molar-refractivity contribution in [3.05, 3.63) is 46.2 Å². The SMILES string of the molecule is Cc1cc(CO)nn1-c1ccccc1Br. The number of para-hydroxylation sites is 1. The fourth-order valence-electron chi connectivity index (χ4n) is 1.48. The molecule has 3 nitrogen and oxygen atoms in total. The Bertz CT molecular complexity index is 479. The van der Waals surface area contributed by atoms with E-state index in [1.165, 1.54) is 0 Å². The predicted octanol–water partition coefficient (Wildman–Crippen LogP) is 2.44. The van der Waals surface area contributed by atoms with Crippen molar-refractivity contribution in [1.29, 1.82) is 0 Å². The van der Waals surface area contributed by atoms with Gasteiger partial charge in [0.25, 0.3) is 0 Å². The zero-order valence-electron chi connectivity index (χ0n) is 8.31. The van der Waals surface area contributed by atoms with E-state index in [2.05, 4.69) is 21.0 Å². The molecule has 0 saturated heterocycles. The van der Waals surface area contributed by atoms with Crippen molar-refractivity contribution in [3.63, 3.8) is 0 Å². The van der Waals surface area contributed by atoms with Gasteiger partial charge < -0.3 is 5.11 Å². The molecule has 0 saturated carbocycles. The first-order valence-corrected chi connectivity index (χ1v) is 5.43. The molecule has 0 atom stereocenters. The van der Waals surface area contributed by atoms with E-state index in [-0.39, 0.29) is 6.61 Å². The van der Waals surface area contributed by atoms with Gasteiger partial charge in [-0.3, -0.25) is 0 Å². The Labute approximate surface area is 96.5 Å². The number of aliphatic hydroxyl groups excluding tert-OH is 1. The van der Waals surface area contributed by atoms with E-state index in [1.807, 2.05) is 41.9 Å². The number of aryl methyl sites for hydroxylation is 1. The van der Waals surface area contributed by atoms with Gasteiger partial charge in [0.1, 0.15) is 0 Å². The van der Waals surface area contributed by atoms with E-state index in [9.17, 15) is 0 Å². The molecule has 78 valence electrons. The molecule has 1 heterocycles. The topological polar surface area (TPSA) is 38.1 Å². The molecule has 0 spiro atoms. The normalized spacial score (nSPS) is 10.6. The Hall–Kier alpha value is -1.13. The third-order valence-electron chi connectivity index (χ3n) is 2.18. The van der Waals surface area contributed by atoms with E-state index >= 15 is 0 Å². The highest BCUT2D eigenvalue weighted by Gasteiger charge is 2.07. The number of hydrogen-bond donors (Lipinski definition) is 1. The van der Waals surface area contributed by atoms with Crippen LogP contribution in [0.3, 0.4) is 0 Å². The van der Waals surface area contributed by atoms with Crippen molar-refractivity contribution in [2.45, 2.75) is 13.5 Å². The second kappa shape index (κ2) is 4.16. The van der Waals surface area contributed by atoms with Gasteiger partial charge in [-0.05, 0) is 41.1 Å². The Morgan fingerprint density at radius 3 is 2.73 bits per heavy atom. The number of halogens is 1. The van der Waals surface area contributed by atoms with Crippen molar-refractivity contribution >= 4 is 15.9 Å². The molecular weight excluding hydrogens is 256 g/mol. The maximum atomic E-state index is 9.00. The molecule has 0 bridgehead atoms. The van der Waals surface area contributed by atoms with Gasteiger partial charge in [0.15, 0.2) is 0 Å². The first-order chi connectivity index (χ1) is 7.22. The second-order valence-corrected chi connectivity index (χ2v) is 4.15. The molecule has 0 unspecified atom stereocenters. The van der Waals surface area contributed by atoms with Crippen LogP contribution in [0.5, 0.6) is 0 Å². The summed E-state index contributed by atoms with van der Waals surface area (Å²) in [5.74, 6) is 0. The van der Waals surface area contributed by atoms with Crippen molar-refractivity contribution in [2.24, 2.45) is 0 Å². The zero-order valence-corrected chi connectivity index (χ0v) is 9.90. The molecule has 0 aliphatic heterocycles. The molecular formula is C11H11BrN2O. The molecule has 0 fully saturated rings. The minimum absolute atomic E-state index is 0.0295. The standard InChI is InChI=1S/C11H11BrN2O/c1-8-6-9(7-15)13-14(8)11-5-3-2-4-10(11)12/h2-6,15H,7H2,1H3. The van der Waals surface area contributed by atoms with E-state index < -0.39 is 0 Å². The number of aliphatic hydroxyl groups is 1. The predicted molar refractivity (Wildman–Crippen MR) is 61.9 cm³/mol. The zero-order chi connectivity index (χ0) is 10.8. The molecule has 0 amide bonds. The van der Waals surface area contributed by atoms with E-state index in [4.69, 9.17) is 5.11 Å². The van der Waals surface area contributed by atoms with Crippen LogP contribution >= 0.6 is 15.9 Å². The van der Waals surface area contributed by atoms with Crippen molar-refractivity contribution in [1.82, 2.24) is 9.78 Å². The smallest absolute Gasteiger partial charge is 0.0886 e. The number of benzene rings is 1. The molecule has 0 aliphatic carbocycles. The Morgan fingerprint density at radius 1 is 1.40 bits per heavy atom. The van der Waals surface area contributed by atoms with Crippen LogP contribution in [0, 0.1) is 6.92 Å². The molecule has 1 aromatic heterocycles. The molecule has 4 heteroatoms. The highest BCUT2D eigenvalue weighted by Crippen LogP contribution is 2.21. The van der Waals surface area contributed by atoms with Crippen LogP contribution in [0.15, 0.2) is 34.8 Å². The monoisotopic (exact) mass is 266 g/mol. The lowest BCUT2D eigenvalue weighted by molar-refractivity contribution is 0.276. The van der Waals surface area contributed by atoms with Gasteiger partial charge in [0.05, 0.1) is 18.0 Å². The van der Waals surface area contributed by atoms with E-state index in [0.29, 0.717) is 5.69 Å². The highest BCUT2D eigenvalue weighted by molar-refractivity contribution is 9.10. The molecule has 2 aromatic rings. The van der Waals surface area contributed by atoms with Gasteiger partial charge in [-0.1, -0.05) is 12.1 Å². The minimum atomic E-state index is -0.0295. The van der Waals surface area contributed by atoms with Crippen LogP contribution in [-0.4, -0.2) is 14.9 Å². The number of nitrogens with zero attached hydrogens (tertiary/aromatic N) is 2. The maximum absolute atomic E-state index is 9.00. The van der Waals surface area contributed by atoms with Crippen molar-refractivity contribution in [2.75, 3.05) is 0 Å². The molecule has 2 rings (SSSR count). The fourth-order valence-corrected chi connectivity index (χ4v) is 1.94. The molecule has 1 N–H and O–H groups in total. The Balaban J connectivity index is 2.54. The number of hydrogen-bond acceptors (Lipinski definition) is 2. The second-order valence-electron chi connectivity index (χ2n) is 3.30. The third-order valence-corrected chi connectivity index (χ3v) is 2.85. The van der Waals surface area contributed by atoms with E-state index in [0.717, 1.165) is 15.9 Å². The summed E-state index contributed by atoms with van der Waals surface area (Å²) in [6.07, 6.45) is 0. The van der Waals surface area contributed by atoms with Gasteiger partial charge in [-0.25, -0.2) is 4.68 Å². The summed E-state index contributed by atoms with van der Waals surface area (Å²) in [6, 6.07) is 9.74. The molecule has 0 aliphatic rings. The van der Waals surface area contributed by atoms with Crippen LogP contribution < -0.4 is 0 Å². The first kappa shape index (κ1) is 10.4. The van der Waals surface area contributed by atoms with Crippen LogP contribution in [-0.2, 0) is 6.61 Å². The lowest BCUT2D eigenvalue weighted by Crippen LogP contribution is -2.00. The van der Waals surface area contributed by atoms with E-state index in [1.54, 1.807) is 0 Å². The van der Waals surface area contributed by atoms with Crippen LogP contribution in [0.1, 0.15) is 11.4 Å². The first-order valence-electron chi connectivity index (χ1n) is 4.63. The maximum Gasteiger partial charge on any atom is 0.0886 e. The van der Waals surface area contributed by atoms with Gasteiger partial charge >= 0.3 is 0 Å². The van der Waals surface area contributed by atoms with Crippen molar-refractivity contribution in [3.8, 4) is 5.69 Å². The minimum Gasteiger partial charge on any atom is -0.390 e. The quantitative estimate of drug-likeness (QED) is 0.907. The average molecular weight is 267 g/mol. The van der Waals surface area contributed by atoms with Crippen molar-refractivity contribution < 1.29 is 5.11 Å². The fraction of sp³-hybridized carbons (Fsp3) is 0.182. The largest absolute Gasteiger partial charge is 0.390 e. The summed E-state index contributed by atoms with van der Waals surface area (Å²) in [7, 11) is 0. The Kier molecular flexibility index (Phi) is 2.88. The van der Waals surface area contributed by atoms with Gasteiger partial charge in [0.2, 0.25) is 0 Å². The van der Waals surface area contributed by atoms with Crippen LogP contribution in [0.2, 0.25) is 0 Å². The number of aromatic nitrogens is 2. The summed E-state index contributed by atoms with van der Waals surface area (Å²) >= 11 is 3.47. The lowest BCUT2D eigenvalue weighted by Gasteiger charge is -2.05. The summed E-state index contributed by atoms with van der Waals surface area (Å²) in [5.41, 5.74) is 2.67. The summed E-state index contributed by atoms with van der Waals surface area (Å²) < 4.78 is 2.80. The molecule has 0 radical (unpaired) electrons. The average Bonchev–Trinajstić information content (AvgIpc) is 2.60. The summed E-state index contributed by atoms with van der Waals surface area (Å²) in [4.78, 5) is 0. The lowest BCUT2D eigenvalue weighted by atomic mass is 10.3. The van der Waals surface area contributed by atoms with Gasteiger partial charge in [-0.15, -0.1) is 0 Å². The van der Waals surface area contributed by atoms with Crippen LogP contribution in [0.4, 0.5) is 0 Å². The van der Waals surface area contributed by atoms with Gasteiger partial charge in [-0.2, -0.15) is 5.10 Å².